The Morgan fingerprint density at radius 3 is 3.00 bits per heavy atom. The van der Waals surface area contributed by atoms with Crippen molar-refractivity contribution in [2.75, 3.05) is 0 Å². The van der Waals surface area contributed by atoms with Crippen molar-refractivity contribution in [2.45, 2.75) is 6.92 Å². The Kier molecular flexibility index (Phi) is 2.44. The van der Waals surface area contributed by atoms with Crippen LogP contribution in [0.3, 0.4) is 0 Å². The quantitative estimate of drug-likeness (QED) is 0.609. The molecule has 2 rings (SSSR count). The summed E-state index contributed by atoms with van der Waals surface area (Å²) in [7, 11) is 0. The fourth-order valence-corrected chi connectivity index (χ4v) is 3.92. The summed E-state index contributed by atoms with van der Waals surface area (Å²) in [5.41, 5.74) is 1.34. The van der Waals surface area contributed by atoms with Crippen LogP contribution >= 0.6 is 49.9 Å². The van der Waals surface area contributed by atoms with Gasteiger partial charge in [0.15, 0.2) is 0 Å². The van der Waals surface area contributed by atoms with Crippen LogP contribution in [0.25, 0.3) is 10.1 Å². The molecule has 0 N–H and O–H groups in total. The zero-order valence-electron chi connectivity index (χ0n) is 6.40. The number of benzene rings is 1. The molecular formula is C9H6BrIS. The van der Waals surface area contributed by atoms with E-state index in [2.05, 4.69) is 63.0 Å². The van der Waals surface area contributed by atoms with Crippen LogP contribution in [0.4, 0.5) is 0 Å². The summed E-state index contributed by atoms with van der Waals surface area (Å²) in [6.45, 7) is 2.15. The van der Waals surface area contributed by atoms with Crippen molar-refractivity contribution in [3.05, 3.63) is 31.1 Å². The van der Waals surface area contributed by atoms with Crippen LogP contribution in [0.2, 0.25) is 0 Å². The third-order valence-electron chi connectivity index (χ3n) is 1.90. The highest BCUT2D eigenvalue weighted by Crippen LogP contribution is 2.33. The second-order valence-electron chi connectivity index (χ2n) is 2.63. The zero-order valence-corrected chi connectivity index (χ0v) is 11.0. The van der Waals surface area contributed by atoms with Gasteiger partial charge in [0.05, 0.1) is 0 Å². The van der Waals surface area contributed by atoms with Gasteiger partial charge in [0.2, 0.25) is 0 Å². The number of rotatable bonds is 0. The van der Waals surface area contributed by atoms with Crippen LogP contribution in [0.5, 0.6) is 0 Å². The smallest absolute Gasteiger partial charge is 0.0479 e. The second kappa shape index (κ2) is 3.27. The summed E-state index contributed by atoms with van der Waals surface area (Å²) in [4.78, 5) is 0. The topological polar surface area (TPSA) is 0 Å². The van der Waals surface area contributed by atoms with Crippen LogP contribution in [0.1, 0.15) is 5.56 Å². The fourth-order valence-electron chi connectivity index (χ4n) is 1.20. The highest BCUT2D eigenvalue weighted by Gasteiger charge is 2.05. The lowest BCUT2D eigenvalue weighted by Gasteiger charge is -2.01. The van der Waals surface area contributed by atoms with E-state index in [0.717, 1.165) is 0 Å². The van der Waals surface area contributed by atoms with Gasteiger partial charge < -0.3 is 0 Å². The van der Waals surface area contributed by atoms with E-state index >= 15 is 0 Å². The molecule has 62 valence electrons. The van der Waals surface area contributed by atoms with Gasteiger partial charge in [-0.3, -0.25) is 0 Å². The molecule has 0 saturated heterocycles. The van der Waals surface area contributed by atoms with Gasteiger partial charge in [0.25, 0.3) is 0 Å². The first-order chi connectivity index (χ1) is 5.70. The van der Waals surface area contributed by atoms with E-state index in [9.17, 15) is 0 Å². The van der Waals surface area contributed by atoms with E-state index in [1.807, 2.05) is 11.3 Å². The van der Waals surface area contributed by atoms with E-state index in [1.54, 1.807) is 0 Å². The summed E-state index contributed by atoms with van der Waals surface area (Å²) >= 11 is 7.74. The molecule has 0 amide bonds. The zero-order chi connectivity index (χ0) is 8.72. The minimum absolute atomic E-state index is 1.21. The normalized spacial score (nSPS) is 10.9. The van der Waals surface area contributed by atoms with E-state index in [-0.39, 0.29) is 0 Å². The molecule has 0 saturated carbocycles. The Morgan fingerprint density at radius 1 is 1.50 bits per heavy atom. The maximum Gasteiger partial charge on any atom is 0.0479 e. The maximum absolute atomic E-state index is 3.55. The maximum atomic E-state index is 3.55. The average molecular weight is 353 g/mol. The SMILES string of the molecule is Cc1c(Br)cc(I)c2sccc12. The Balaban J connectivity index is 2.97. The molecule has 1 heterocycles. The molecule has 0 spiro atoms. The van der Waals surface area contributed by atoms with Gasteiger partial charge >= 0.3 is 0 Å². The summed E-state index contributed by atoms with van der Waals surface area (Å²) in [6, 6.07) is 4.36. The fraction of sp³-hybridized carbons (Fsp3) is 0.111. The summed E-state index contributed by atoms with van der Waals surface area (Å²) in [6.07, 6.45) is 0. The second-order valence-corrected chi connectivity index (χ2v) is 5.56. The van der Waals surface area contributed by atoms with Crippen molar-refractivity contribution < 1.29 is 0 Å². The predicted molar refractivity (Wildman–Crippen MR) is 67.0 cm³/mol. The van der Waals surface area contributed by atoms with Crippen LogP contribution in [0, 0.1) is 10.5 Å². The Hall–Kier alpha value is 0.390. The van der Waals surface area contributed by atoms with Gasteiger partial charge in [0, 0.05) is 12.7 Å². The van der Waals surface area contributed by atoms with Crippen molar-refractivity contribution in [3.63, 3.8) is 0 Å². The summed E-state index contributed by atoms with van der Waals surface area (Å²) in [5, 5.41) is 3.52. The van der Waals surface area contributed by atoms with Crippen molar-refractivity contribution in [3.8, 4) is 0 Å². The van der Waals surface area contributed by atoms with Gasteiger partial charge in [-0.25, -0.2) is 0 Å². The molecule has 1 aromatic carbocycles. The molecule has 12 heavy (non-hydrogen) atoms. The number of aryl methyl sites for hydroxylation is 1. The summed E-state index contributed by atoms with van der Waals surface area (Å²) in [5.74, 6) is 0. The summed E-state index contributed by atoms with van der Waals surface area (Å²) < 4.78 is 3.93. The number of halogens is 2. The molecule has 0 atom stereocenters. The third-order valence-corrected chi connectivity index (χ3v) is 4.89. The number of hydrogen-bond acceptors (Lipinski definition) is 1. The molecule has 0 radical (unpaired) electrons. The monoisotopic (exact) mass is 352 g/mol. The predicted octanol–water partition coefficient (Wildman–Crippen LogP) is 4.58. The largest absolute Gasteiger partial charge is 0.143 e. The van der Waals surface area contributed by atoms with Gasteiger partial charge in [-0.2, -0.15) is 0 Å². The first kappa shape index (κ1) is 8.97. The molecule has 0 aliphatic heterocycles. The molecule has 1 aromatic heterocycles. The van der Waals surface area contributed by atoms with Gasteiger partial charge in [-0.05, 0) is 58.0 Å². The van der Waals surface area contributed by atoms with Crippen molar-refractivity contribution in [1.82, 2.24) is 0 Å². The number of hydrogen-bond donors (Lipinski definition) is 0. The molecule has 0 nitrogen and oxygen atoms in total. The number of thiophene rings is 1. The Labute approximate surface area is 97.2 Å². The van der Waals surface area contributed by atoms with Crippen LogP contribution in [-0.2, 0) is 0 Å². The molecule has 0 unspecified atom stereocenters. The number of fused-ring (bicyclic) bond motifs is 1. The third kappa shape index (κ3) is 1.32. The van der Waals surface area contributed by atoms with E-state index in [0.29, 0.717) is 0 Å². The van der Waals surface area contributed by atoms with Gasteiger partial charge in [-0.1, -0.05) is 15.9 Å². The lowest BCUT2D eigenvalue weighted by molar-refractivity contribution is 1.49. The molecular weight excluding hydrogens is 347 g/mol. The van der Waals surface area contributed by atoms with Crippen molar-refractivity contribution >= 4 is 59.9 Å². The minimum atomic E-state index is 1.21. The standard InChI is InChI=1S/C9H6BrIS/c1-5-6-2-3-12-9(6)8(11)4-7(5)10/h2-4H,1H3. The molecule has 0 aliphatic rings. The van der Waals surface area contributed by atoms with E-state index in [4.69, 9.17) is 0 Å². The van der Waals surface area contributed by atoms with E-state index < -0.39 is 0 Å². The first-order valence-electron chi connectivity index (χ1n) is 3.52. The van der Waals surface area contributed by atoms with Crippen LogP contribution < -0.4 is 0 Å². The molecule has 0 aliphatic carbocycles. The molecule has 0 bridgehead atoms. The average Bonchev–Trinajstić information content (AvgIpc) is 2.48. The van der Waals surface area contributed by atoms with Gasteiger partial charge in [0.1, 0.15) is 0 Å². The Bertz CT molecular complexity index is 433. The van der Waals surface area contributed by atoms with Crippen molar-refractivity contribution in [1.29, 1.82) is 0 Å². The van der Waals surface area contributed by atoms with Gasteiger partial charge in [-0.15, -0.1) is 11.3 Å². The molecule has 2 aromatic rings. The van der Waals surface area contributed by atoms with E-state index in [1.165, 1.54) is 23.7 Å². The highest BCUT2D eigenvalue weighted by molar-refractivity contribution is 14.1. The van der Waals surface area contributed by atoms with Crippen LogP contribution in [0.15, 0.2) is 22.0 Å². The molecule has 0 fully saturated rings. The molecule has 3 heteroatoms. The van der Waals surface area contributed by atoms with Crippen molar-refractivity contribution in [2.24, 2.45) is 0 Å². The first-order valence-corrected chi connectivity index (χ1v) is 6.27. The lowest BCUT2D eigenvalue weighted by atomic mass is 10.2. The Morgan fingerprint density at radius 2 is 2.25 bits per heavy atom. The minimum Gasteiger partial charge on any atom is -0.143 e. The highest BCUT2D eigenvalue weighted by atomic mass is 127. The van der Waals surface area contributed by atoms with Crippen LogP contribution in [-0.4, -0.2) is 0 Å². The lowest BCUT2D eigenvalue weighted by Crippen LogP contribution is -1.79.